The highest BCUT2D eigenvalue weighted by atomic mass is 16.8. The van der Waals surface area contributed by atoms with Crippen molar-refractivity contribution >= 4 is 0 Å². The molecule has 96 heavy (non-hydrogen) atoms. The van der Waals surface area contributed by atoms with Crippen molar-refractivity contribution in [3.05, 3.63) is 0 Å². The minimum absolute atomic E-state index is 0.0515. The number of hydrogen-bond donors (Lipinski definition) is 2. The van der Waals surface area contributed by atoms with Crippen LogP contribution < -0.4 is 0 Å². The van der Waals surface area contributed by atoms with Crippen LogP contribution in [0.25, 0.3) is 0 Å². The topological polar surface area (TPSA) is 345 Å². The molecule has 2 N–H and O–H groups in total. The molecule has 35 atom stereocenters. The van der Waals surface area contributed by atoms with Gasteiger partial charge in [-0.05, 0) is 0 Å². The van der Waals surface area contributed by atoms with Crippen molar-refractivity contribution in [2.24, 2.45) is 0 Å². The smallest absolute Gasteiger partial charge is 0.187 e. The minimum Gasteiger partial charge on any atom is -0.387 e. The van der Waals surface area contributed by atoms with Gasteiger partial charge in [0.05, 0.1) is 46.2 Å². The number of rotatable bonds is 26. The van der Waals surface area contributed by atoms with E-state index in [1.54, 1.807) is 0 Å². The molecule has 0 amide bonds. The van der Waals surface area contributed by atoms with E-state index in [1.165, 1.54) is 135 Å². The van der Waals surface area contributed by atoms with Crippen LogP contribution in [-0.2, 0) is 156 Å². The first-order valence-electron chi connectivity index (χ1n) is 31.9. The average Bonchev–Trinajstić information content (AvgIpc) is 0.772. The molecule has 0 saturated carbocycles. The van der Waals surface area contributed by atoms with Gasteiger partial charge in [-0.25, -0.2) is 0 Å². The van der Waals surface area contributed by atoms with E-state index in [9.17, 15) is 10.2 Å². The Hall–Kier alpha value is -1.40. The summed E-state index contributed by atoms with van der Waals surface area (Å²) in [4.78, 5) is 0. The Balaban J connectivity index is 1.22. The summed E-state index contributed by atoms with van der Waals surface area (Å²) in [6.07, 6.45) is -39.7. The molecule has 562 valence electrons. The summed E-state index contributed by atoms with van der Waals surface area (Å²) in [5, 5.41) is 24.9. The van der Waals surface area contributed by atoms with Gasteiger partial charge in [0.25, 0.3) is 0 Å². The second-order valence-corrected chi connectivity index (χ2v) is 24.1. The molecule has 21 rings (SSSR count). The van der Waals surface area contributed by atoms with Crippen LogP contribution in [0.2, 0.25) is 0 Å². The molecule has 0 aromatic rings. The van der Waals surface area contributed by atoms with Gasteiger partial charge in [-0.1, -0.05) is 0 Å². The lowest BCUT2D eigenvalue weighted by atomic mass is 9.94. The molecular weight excluding hydrogens is 1290 g/mol. The number of methoxy groups -OCH3 is 19. The van der Waals surface area contributed by atoms with Crippen LogP contribution in [0.4, 0.5) is 0 Å². The third kappa shape index (κ3) is 17.4. The molecule has 0 aromatic carbocycles. The van der Waals surface area contributed by atoms with E-state index in [1.807, 2.05) is 0 Å². The molecule has 21 heterocycles. The summed E-state index contributed by atoms with van der Waals surface area (Å²) in [7, 11) is 27.9. The Morgan fingerprint density at radius 3 is 0.552 bits per heavy atom. The third-order valence-electron chi connectivity index (χ3n) is 18.8. The maximum atomic E-state index is 12.5. The van der Waals surface area contributed by atoms with Gasteiger partial charge in [0, 0.05) is 135 Å². The Kier molecular flexibility index (Phi) is 32.6. The fourth-order valence-electron chi connectivity index (χ4n) is 14.4. The fourth-order valence-corrected chi connectivity index (χ4v) is 14.4. The molecule has 35 nitrogen and oxygen atoms in total. The number of hydrogen-bond acceptors (Lipinski definition) is 35. The fraction of sp³-hybridized carbons (Fsp3) is 1.00. The number of aliphatic hydroxyl groups excluding tert-OH is 2. The molecule has 0 aromatic heterocycles. The van der Waals surface area contributed by atoms with Crippen molar-refractivity contribution in [3.63, 3.8) is 0 Å². The minimum atomic E-state index is -1.60. The van der Waals surface area contributed by atoms with Crippen molar-refractivity contribution in [1.82, 2.24) is 0 Å². The lowest BCUT2D eigenvalue weighted by Gasteiger charge is -2.52. The van der Waals surface area contributed by atoms with Crippen molar-refractivity contribution in [2.45, 2.75) is 215 Å². The Labute approximate surface area is 561 Å². The van der Waals surface area contributed by atoms with Gasteiger partial charge >= 0.3 is 0 Å². The molecule has 0 aliphatic carbocycles. The molecule has 21 fully saturated rings. The van der Waals surface area contributed by atoms with Gasteiger partial charge in [0.1, 0.15) is 171 Å². The van der Waals surface area contributed by atoms with Gasteiger partial charge in [-0.2, -0.15) is 0 Å². The summed E-state index contributed by atoms with van der Waals surface area (Å²) < 4.78 is 210. The van der Waals surface area contributed by atoms with Crippen molar-refractivity contribution < 1.29 is 167 Å². The van der Waals surface area contributed by atoms with Crippen LogP contribution in [0.1, 0.15) is 0 Å². The van der Waals surface area contributed by atoms with Crippen LogP contribution in [0.5, 0.6) is 0 Å². The zero-order valence-corrected chi connectivity index (χ0v) is 58.5. The SMILES string of the molecule is COC[C@H]1O[C@@H]2O[C@H]3[C@H](OC)[C@@H](O)[C@@H](O[C@H]4[C@H](OC)[C@@H](OC)[C@@H](O[C@H]5[C@H](OC)[C@@H](OC)[C@@H](O[C@H]6[C@H](OC)[C@@H](OC)[C@@H](O[C@H]7[C@H](OC)[C@@H](OC)[C@@H](O[C@H]8[C@H](OC)[C@@H](OC)[C@@H](O[C@H]1[C@H](O)[C@H]2OC)O[C@@H]8COC)O[C@@H]7COC)O[C@@H]6COC)O[C@@H]5COC)O[C@@H]4COC)O[C@@H]3COC. The van der Waals surface area contributed by atoms with E-state index in [4.69, 9.17) is 156 Å². The summed E-state index contributed by atoms with van der Waals surface area (Å²) in [5.74, 6) is 0. The van der Waals surface area contributed by atoms with Crippen LogP contribution in [0.3, 0.4) is 0 Å². The number of aliphatic hydroxyl groups is 2. The first-order valence-corrected chi connectivity index (χ1v) is 31.9. The van der Waals surface area contributed by atoms with E-state index in [0.717, 1.165) is 0 Å². The average molecular weight is 1400 g/mol. The summed E-state index contributed by atoms with van der Waals surface area (Å²) >= 11 is 0. The highest BCUT2D eigenvalue weighted by Gasteiger charge is 2.62. The van der Waals surface area contributed by atoms with Crippen LogP contribution in [-0.4, -0.2) is 406 Å². The van der Waals surface area contributed by atoms with Crippen LogP contribution in [0.15, 0.2) is 0 Å². The van der Waals surface area contributed by atoms with Gasteiger partial charge in [-0.15, -0.1) is 0 Å². The van der Waals surface area contributed by atoms with Crippen molar-refractivity contribution in [1.29, 1.82) is 0 Å². The first-order chi connectivity index (χ1) is 46.6. The molecule has 21 saturated heterocycles. The number of ether oxygens (including phenoxy) is 33. The monoisotopic (exact) mass is 1400 g/mol. The van der Waals surface area contributed by atoms with Gasteiger partial charge in [0.15, 0.2) is 44.0 Å². The van der Waals surface area contributed by atoms with Gasteiger partial charge in [0.2, 0.25) is 0 Å². The highest BCUT2D eigenvalue weighted by molar-refractivity contribution is 5.04. The second kappa shape index (κ2) is 38.9. The summed E-state index contributed by atoms with van der Waals surface area (Å²) in [6.45, 7) is -0.622. The zero-order valence-electron chi connectivity index (χ0n) is 58.5. The Morgan fingerprint density at radius 1 is 0.177 bits per heavy atom. The van der Waals surface area contributed by atoms with Crippen molar-refractivity contribution in [2.75, 3.05) is 181 Å². The highest BCUT2D eigenvalue weighted by Crippen LogP contribution is 2.42. The maximum Gasteiger partial charge on any atom is 0.187 e. The Bertz CT molecular complexity index is 2170. The predicted molar refractivity (Wildman–Crippen MR) is 319 cm³/mol. The molecule has 0 radical (unpaired) electrons. The van der Waals surface area contributed by atoms with E-state index in [-0.39, 0.29) is 46.2 Å². The lowest BCUT2D eigenvalue weighted by Crippen LogP contribution is -2.69. The van der Waals surface area contributed by atoms with Gasteiger partial charge in [-0.3, -0.25) is 0 Å². The van der Waals surface area contributed by atoms with E-state index < -0.39 is 215 Å². The Morgan fingerprint density at radius 2 is 0.344 bits per heavy atom. The predicted octanol–water partition coefficient (Wildman–Crippen LogP) is -2.80. The molecule has 35 heteroatoms. The lowest BCUT2D eigenvalue weighted by molar-refractivity contribution is -0.402. The third-order valence-corrected chi connectivity index (χ3v) is 18.8. The second-order valence-electron chi connectivity index (χ2n) is 24.1. The normalized spacial score (nSPS) is 46.8. The van der Waals surface area contributed by atoms with Crippen LogP contribution in [0, 0.1) is 0 Å². The van der Waals surface area contributed by atoms with Crippen LogP contribution >= 0.6 is 0 Å². The quantitative estimate of drug-likeness (QED) is 0.0883. The molecule has 0 spiro atoms. The first kappa shape index (κ1) is 80.3. The maximum absolute atomic E-state index is 12.5. The summed E-state index contributed by atoms with van der Waals surface area (Å²) in [5.41, 5.74) is 0. The molecule has 0 unspecified atom stereocenters. The molecular formula is C61H108O35. The molecule has 14 bridgehead atoms. The standard InChI is InChI=1S/C61H108O35/c1-64-20-27-36-34(62)44(72-9)56(84-27)92-37-28(21-65-2)83-55(35(63)43(37)71-8)91-38-29(22-66-3)86-58(51(79-16)45(38)73-10)94-40-31(24-68-5)88-60(53(81-18)47(40)75-12)96-42-33(26-70-7)89-61(54(82-19)49(42)77-14)95-41-32(25-69-6)87-59(52(80-17)48(41)76-13)93-39-30(23-67-4)85-57(90-36)50(78-15)46(39)74-11/h27-63H,20-26H2,1-19H3/t27-,28-,29-,30-,31-,32-,33-,34+,35-,36-,37-,38-,39-,40-,41-,42-,43-,44-,45+,46+,47+,48+,49+,50-,51-,52-,53-,54-,55-,56-,57-,58-,59-,60-,61-/m1/s1. The molecule has 21 aliphatic heterocycles. The van der Waals surface area contributed by atoms with E-state index >= 15 is 0 Å². The molecule has 21 aliphatic rings. The van der Waals surface area contributed by atoms with Gasteiger partial charge < -0.3 is 167 Å². The van der Waals surface area contributed by atoms with Crippen molar-refractivity contribution in [3.8, 4) is 0 Å². The van der Waals surface area contributed by atoms with E-state index in [2.05, 4.69) is 0 Å². The zero-order chi connectivity index (χ0) is 69.5. The largest absolute Gasteiger partial charge is 0.387 e. The van der Waals surface area contributed by atoms with E-state index in [0.29, 0.717) is 0 Å². The summed E-state index contributed by atoms with van der Waals surface area (Å²) in [6, 6.07) is 0.